The van der Waals surface area contributed by atoms with Gasteiger partial charge in [0.25, 0.3) is 0 Å². The van der Waals surface area contributed by atoms with Gasteiger partial charge in [0.05, 0.1) is 6.61 Å². The molecule has 4 nitrogen and oxygen atoms in total. The van der Waals surface area contributed by atoms with Crippen LogP contribution >= 0.6 is 7.82 Å². The Morgan fingerprint density at radius 2 is 1.65 bits per heavy atom. The van der Waals surface area contributed by atoms with Crippen LogP contribution in [0.15, 0.2) is 30.3 Å². The molecule has 1 aromatic carbocycles. The normalized spacial score (nSPS) is 11.6. The van der Waals surface area contributed by atoms with Crippen molar-refractivity contribution in [1.82, 2.24) is 0 Å². The second-order valence-electron chi connectivity index (χ2n) is 3.97. The highest BCUT2D eigenvalue weighted by atomic mass is 31.2. The van der Waals surface area contributed by atoms with Crippen molar-refractivity contribution >= 4 is 7.82 Å². The van der Waals surface area contributed by atoms with E-state index in [0.29, 0.717) is 6.42 Å². The monoisotopic (exact) mass is 258 g/mol. The van der Waals surface area contributed by atoms with Crippen LogP contribution in [0.2, 0.25) is 0 Å². The van der Waals surface area contributed by atoms with Gasteiger partial charge in [-0.15, -0.1) is 0 Å². The summed E-state index contributed by atoms with van der Waals surface area (Å²) >= 11 is 0. The molecule has 0 saturated carbocycles. The van der Waals surface area contributed by atoms with E-state index in [2.05, 4.69) is 16.7 Å². The Kier molecular flexibility index (Phi) is 6.45. The van der Waals surface area contributed by atoms with Gasteiger partial charge in [0.15, 0.2) is 0 Å². The molecule has 0 atom stereocenters. The number of unbranched alkanes of at least 4 members (excludes halogenated alkanes) is 3. The van der Waals surface area contributed by atoms with E-state index in [-0.39, 0.29) is 6.61 Å². The smallest absolute Gasteiger partial charge is 0.303 e. The molecule has 0 spiro atoms. The second kappa shape index (κ2) is 7.62. The van der Waals surface area contributed by atoms with E-state index in [9.17, 15) is 4.57 Å². The standard InChI is InChI=1S/C12H19O4P/c13-17(14,15)16-11-7-2-1-4-8-12-9-5-3-6-10-12/h3,5-6,9-10H,1-2,4,7-8,11H2,(H2,13,14,15). The highest BCUT2D eigenvalue weighted by molar-refractivity contribution is 7.46. The molecule has 5 heteroatoms. The van der Waals surface area contributed by atoms with Crippen molar-refractivity contribution in [2.24, 2.45) is 0 Å². The second-order valence-corrected chi connectivity index (χ2v) is 5.21. The highest BCUT2D eigenvalue weighted by Gasteiger charge is 2.12. The minimum absolute atomic E-state index is 0.135. The zero-order valence-electron chi connectivity index (χ0n) is 9.79. The maximum absolute atomic E-state index is 10.4. The molecule has 0 saturated heterocycles. The zero-order chi connectivity index (χ0) is 12.6. The van der Waals surface area contributed by atoms with E-state index < -0.39 is 7.82 Å². The van der Waals surface area contributed by atoms with Crippen molar-refractivity contribution in [2.45, 2.75) is 32.1 Å². The third-order valence-corrected chi connectivity index (χ3v) is 2.98. The molecule has 0 radical (unpaired) electrons. The molecular weight excluding hydrogens is 239 g/mol. The van der Waals surface area contributed by atoms with E-state index >= 15 is 0 Å². The summed E-state index contributed by atoms with van der Waals surface area (Å²) in [5, 5.41) is 0. The van der Waals surface area contributed by atoms with E-state index in [1.54, 1.807) is 0 Å². The Hall–Kier alpha value is -0.670. The van der Waals surface area contributed by atoms with Gasteiger partial charge >= 0.3 is 7.82 Å². The van der Waals surface area contributed by atoms with Crippen LogP contribution in [0, 0.1) is 0 Å². The minimum atomic E-state index is -4.27. The van der Waals surface area contributed by atoms with Crippen molar-refractivity contribution < 1.29 is 18.9 Å². The molecule has 2 N–H and O–H groups in total. The molecule has 0 aliphatic carbocycles. The third-order valence-electron chi connectivity index (χ3n) is 2.46. The van der Waals surface area contributed by atoms with Crippen LogP contribution in [0.3, 0.4) is 0 Å². The van der Waals surface area contributed by atoms with Crippen molar-refractivity contribution in [3.05, 3.63) is 35.9 Å². The van der Waals surface area contributed by atoms with E-state index in [1.165, 1.54) is 5.56 Å². The fourth-order valence-electron chi connectivity index (χ4n) is 1.61. The Labute approximate surface area is 102 Å². The summed E-state index contributed by atoms with van der Waals surface area (Å²) in [6.45, 7) is 0.135. The minimum Gasteiger partial charge on any atom is -0.303 e. The molecule has 0 aliphatic rings. The predicted octanol–water partition coefficient (Wildman–Crippen LogP) is 2.90. The number of hydrogen-bond acceptors (Lipinski definition) is 2. The Balaban J connectivity index is 1.97. The van der Waals surface area contributed by atoms with Gasteiger partial charge in [0, 0.05) is 0 Å². The Morgan fingerprint density at radius 3 is 2.29 bits per heavy atom. The molecule has 0 heterocycles. The largest absolute Gasteiger partial charge is 0.469 e. The lowest BCUT2D eigenvalue weighted by molar-refractivity contribution is 0.193. The van der Waals surface area contributed by atoms with Crippen molar-refractivity contribution in [2.75, 3.05) is 6.61 Å². The Morgan fingerprint density at radius 1 is 1.00 bits per heavy atom. The van der Waals surface area contributed by atoms with Gasteiger partial charge in [-0.2, -0.15) is 0 Å². The summed E-state index contributed by atoms with van der Waals surface area (Å²) in [5.41, 5.74) is 1.33. The van der Waals surface area contributed by atoms with Crippen LogP contribution in [-0.2, 0) is 15.5 Å². The first kappa shape index (κ1) is 14.4. The fraction of sp³-hybridized carbons (Fsp3) is 0.500. The molecule has 0 unspecified atom stereocenters. The molecule has 96 valence electrons. The lowest BCUT2D eigenvalue weighted by Crippen LogP contribution is -1.92. The molecule has 0 aromatic heterocycles. The Bertz CT molecular complexity index is 347. The van der Waals surface area contributed by atoms with Crippen LogP contribution in [-0.4, -0.2) is 16.4 Å². The van der Waals surface area contributed by atoms with E-state index in [1.807, 2.05) is 18.2 Å². The van der Waals surface area contributed by atoms with Gasteiger partial charge in [-0.05, 0) is 24.8 Å². The molecule has 1 aromatic rings. The van der Waals surface area contributed by atoms with Crippen LogP contribution in [0.25, 0.3) is 0 Å². The van der Waals surface area contributed by atoms with Gasteiger partial charge in [-0.1, -0.05) is 43.2 Å². The maximum atomic E-state index is 10.4. The molecular formula is C12H19O4P. The summed E-state index contributed by atoms with van der Waals surface area (Å²) in [7, 11) is -4.27. The first-order valence-electron chi connectivity index (χ1n) is 5.82. The summed E-state index contributed by atoms with van der Waals surface area (Å²) in [5.74, 6) is 0. The topological polar surface area (TPSA) is 66.8 Å². The SMILES string of the molecule is O=P(O)(O)OCCCCCCc1ccccc1. The maximum Gasteiger partial charge on any atom is 0.469 e. The molecule has 0 amide bonds. The van der Waals surface area contributed by atoms with Gasteiger partial charge in [-0.3, -0.25) is 4.52 Å². The van der Waals surface area contributed by atoms with Crippen LogP contribution < -0.4 is 0 Å². The number of hydrogen-bond donors (Lipinski definition) is 2. The lowest BCUT2D eigenvalue weighted by atomic mass is 10.1. The third kappa shape index (κ3) is 8.11. The molecule has 1 rings (SSSR count). The molecule has 17 heavy (non-hydrogen) atoms. The molecule has 0 fully saturated rings. The van der Waals surface area contributed by atoms with E-state index in [0.717, 1.165) is 25.7 Å². The predicted molar refractivity (Wildman–Crippen MR) is 66.6 cm³/mol. The fourth-order valence-corrected chi connectivity index (χ4v) is 1.98. The number of phosphoric acid groups is 1. The van der Waals surface area contributed by atoms with E-state index in [4.69, 9.17) is 9.79 Å². The number of rotatable bonds is 8. The van der Waals surface area contributed by atoms with Crippen molar-refractivity contribution in [1.29, 1.82) is 0 Å². The van der Waals surface area contributed by atoms with Crippen molar-refractivity contribution in [3.63, 3.8) is 0 Å². The number of benzene rings is 1. The quantitative estimate of drug-likeness (QED) is 0.555. The number of phosphoric ester groups is 1. The average molecular weight is 258 g/mol. The van der Waals surface area contributed by atoms with Crippen LogP contribution in [0.1, 0.15) is 31.2 Å². The highest BCUT2D eigenvalue weighted by Crippen LogP contribution is 2.35. The zero-order valence-corrected chi connectivity index (χ0v) is 10.7. The number of aryl methyl sites for hydroxylation is 1. The lowest BCUT2D eigenvalue weighted by Gasteiger charge is -2.05. The summed E-state index contributed by atoms with van der Waals surface area (Å²) in [4.78, 5) is 16.9. The first-order valence-corrected chi connectivity index (χ1v) is 7.35. The summed E-state index contributed by atoms with van der Waals surface area (Å²) in [6, 6.07) is 10.3. The van der Waals surface area contributed by atoms with Gasteiger partial charge < -0.3 is 9.79 Å². The van der Waals surface area contributed by atoms with Gasteiger partial charge in [0.1, 0.15) is 0 Å². The van der Waals surface area contributed by atoms with Crippen LogP contribution in [0.4, 0.5) is 0 Å². The molecule has 0 aliphatic heterocycles. The van der Waals surface area contributed by atoms with Gasteiger partial charge in [-0.25, -0.2) is 4.57 Å². The van der Waals surface area contributed by atoms with Crippen LogP contribution in [0.5, 0.6) is 0 Å². The molecule has 0 bridgehead atoms. The summed E-state index contributed by atoms with van der Waals surface area (Å²) < 4.78 is 14.7. The average Bonchev–Trinajstić information content (AvgIpc) is 2.28. The first-order chi connectivity index (χ1) is 8.08. The van der Waals surface area contributed by atoms with Crippen molar-refractivity contribution in [3.8, 4) is 0 Å². The van der Waals surface area contributed by atoms with Gasteiger partial charge in [0.2, 0.25) is 0 Å². The summed E-state index contributed by atoms with van der Waals surface area (Å²) in [6.07, 6.45) is 4.84.